The molecule has 0 radical (unpaired) electrons. The number of para-hydroxylation sites is 1. The van der Waals surface area contributed by atoms with Crippen LogP contribution >= 0.6 is 11.8 Å². The van der Waals surface area contributed by atoms with Crippen LogP contribution < -0.4 is 16.0 Å². The molecule has 2 rings (SSSR count). The minimum absolute atomic E-state index is 0.169. The van der Waals surface area contributed by atoms with E-state index in [1.54, 1.807) is 11.8 Å². The Morgan fingerprint density at radius 2 is 2.44 bits per heavy atom. The minimum atomic E-state index is 0.169. The molecule has 1 atom stereocenters. The third-order valence-corrected chi connectivity index (χ3v) is 3.54. The van der Waals surface area contributed by atoms with Gasteiger partial charge in [-0.3, -0.25) is 11.3 Å². The monoisotopic (exact) mass is 238 g/mol. The summed E-state index contributed by atoms with van der Waals surface area (Å²) in [5.41, 5.74) is 5.37. The second-order valence-electron chi connectivity index (χ2n) is 3.96. The Balaban J connectivity index is 2.31. The average molecular weight is 238 g/mol. The van der Waals surface area contributed by atoms with E-state index >= 15 is 0 Å². The molecule has 1 aromatic rings. The van der Waals surface area contributed by atoms with Crippen LogP contribution in [0, 0.1) is 0 Å². The summed E-state index contributed by atoms with van der Waals surface area (Å²) in [7, 11) is 0. The highest BCUT2D eigenvalue weighted by atomic mass is 32.2. The van der Waals surface area contributed by atoms with E-state index in [4.69, 9.17) is 10.6 Å². The zero-order chi connectivity index (χ0) is 11.4. The maximum absolute atomic E-state index is 5.78. The quantitative estimate of drug-likeness (QED) is 0.621. The number of nitrogens with two attached hydrogens (primary N) is 1. The van der Waals surface area contributed by atoms with Crippen LogP contribution in [0.1, 0.15) is 23.6 Å². The van der Waals surface area contributed by atoms with Gasteiger partial charge in [0, 0.05) is 11.3 Å². The Labute approximate surface area is 101 Å². The molecular formula is C12H18N2OS. The lowest BCUT2D eigenvalue weighted by molar-refractivity contribution is 0.282. The number of hydrogen-bond acceptors (Lipinski definition) is 4. The Kier molecular flexibility index (Phi) is 4.09. The highest BCUT2D eigenvalue weighted by Crippen LogP contribution is 2.33. The molecule has 16 heavy (non-hydrogen) atoms. The summed E-state index contributed by atoms with van der Waals surface area (Å²) in [5, 5.41) is 0. The van der Waals surface area contributed by atoms with E-state index in [1.807, 2.05) is 0 Å². The summed E-state index contributed by atoms with van der Waals surface area (Å²) in [6.45, 7) is 0.820. The van der Waals surface area contributed by atoms with Gasteiger partial charge in [-0.2, -0.15) is 11.8 Å². The van der Waals surface area contributed by atoms with E-state index in [2.05, 4.69) is 29.9 Å². The molecule has 1 unspecified atom stereocenters. The molecule has 0 saturated carbocycles. The molecule has 0 spiro atoms. The van der Waals surface area contributed by atoms with E-state index in [-0.39, 0.29) is 6.04 Å². The lowest BCUT2D eigenvalue weighted by atomic mass is 9.99. The Morgan fingerprint density at radius 3 is 3.19 bits per heavy atom. The topological polar surface area (TPSA) is 47.3 Å². The van der Waals surface area contributed by atoms with Crippen LogP contribution in [0.2, 0.25) is 0 Å². The van der Waals surface area contributed by atoms with Gasteiger partial charge >= 0.3 is 0 Å². The summed E-state index contributed by atoms with van der Waals surface area (Å²) in [6.07, 6.45) is 4.31. The van der Waals surface area contributed by atoms with Gasteiger partial charge in [-0.15, -0.1) is 0 Å². The Morgan fingerprint density at radius 1 is 1.56 bits per heavy atom. The number of fused-ring (bicyclic) bond motifs is 1. The number of thioether (sulfide) groups is 1. The Bertz CT molecular complexity index is 357. The molecule has 1 heterocycles. The number of rotatable bonds is 4. The summed E-state index contributed by atoms with van der Waals surface area (Å²) < 4.78 is 5.78. The molecule has 3 nitrogen and oxygen atoms in total. The van der Waals surface area contributed by atoms with Crippen LogP contribution in [0.4, 0.5) is 0 Å². The van der Waals surface area contributed by atoms with Crippen molar-refractivity contribution in [2.45, 2.75) is 18.9 Å². The maximum atomic E-state index is 5.78. The maximum Gasteiger partial charge on any atom is 0.127 e. The van der Waals surface area contributed by atoms with Crippen LogP contribution in [0.3, 0.4) is 0 Å². The first-order valence-electron chi connectivity index (χ1n) is 5.56. The summed E-state index contributed by atoms with van der Waals surface area (Å²) in [5.74, 6) is 7.61. The molecule has 0 aliphatic carbocycles. The predicted molar refractivity (Wildman–Crippen MR) is 68.7 cm³/mol. The van der Waals surface area contributed by atoms with E-state index in [0.29, 0.717) is 0 Å². The molecule has 1 aliphatic rings. The molecule has 0 amide bonds. The van der Waals surface area contributed by atoms with Crippen LogP contribution in [-0.2, 0) is 6.42 Å². The lowest BCUT2D eigenvalue weighted by Crippen LogP contribution is -2.30. The van der Waals surface area contributed by atoms with Crippen molar-refractivity contribution in [1.29, 1.82) is 0 Å². The second-order valence-corrected chi connectivity index (χ2v) is 4.87. The number of hydrazine groups is 1. The summed E-state index contributed by atoms with van der Waals surface area (Å²) >= 11 is 1.78. The molecule has 88 valence electrons. The SMILES string of the molecule is CSCC(NN)c1cccc2c1OCCC2. The van der Waals surface area contributed by atoms with Crippen LogP contribution in [0.5, 0.6) is 5.75 Å². The highest BCUT2D eigenvalue weighted by Gasteiger charge is 2.19. The van der Waals surface area contributed by atoms with Crippen molar-refractivity contribution in [1.82, 2.24) is 5.43 Å². The fraction of sp³-hybridized carbons (Fsp3) is 0.500. The predicted octanol–water partition coefficient (Wildman–Crippen LogP) is 1.88. The average Bonchev–Trinajstić information content (AvgIpc) is 2.35. The van der Waals surface area contributed by atoms with Crippen molar-refractivity contribution in [2.24, 2.45) is 5.84 Å². The van der Waals surface area contributed by atoms with E-state index in [1.165, 1.54) is 11.1 Å². The smallest absolute Gasteiger partial charge is 0.127 e. The van der Waals surface area contributed by atoms with Gasteiger partial charge in [0.15, 0.2) is 0 Å². The molecule has 3 N–H and O–H groups in total. The van der Waals surface area contributed by atoms with Gasteiger partial charge in [0.25, 0.3) is 0 Å². The van der Waals surface area contributed by atoms with Gasteiger partial charge in [0.05, 0.1) is 12.6 Å². The van der Waals surface area contributed by atoms with Crippen molar-refractivity contribution in [3.05, 3.63) is 29.3 Å². The molecular weight excluding hydrogens is 220 g/mol. The first-order valence-corrected chi connectivity index (χ1v) is 6.96. The number of hydrogen-bond donors (Lipinski definition) is 2. The standard InChI is InChI=1S/C12H18N2OS/c1-16-8-11(14-13)10-6-2-4-9-5-3-7-15-12(9)10/h2,4,6,11,14H,3,5,7-8,13H2,1H3. The van der Waals surface area contributed by atoms with Gasteiger partial charge in [-0.25, -0.2) is 0 Å². The summed E-state index contributed by atoms with van der Waals surface area (Å²) in [4.78, 5) is 0. The first kappa shape index (κ1) is 11.8. The van der Waals surface area contributed by atoms with Gasteiger partial charge in [0.1, 0.15) is 5.75 Å². The van der Waals surface area contributed by atoms with Gasteiger partial charge in [-0.1, -0.05) is 18.2 Å². The minimum Gasteiger partial charge on any atom is -0.493 e. The number of ether oxygens (including phenoxy) is 1. The third-order valence-electron chi connectivity index (χ3n) is 2.87. The molecule has 0 aromatic heterocycles. The molecule has 0 fully saturated rings. The van der Waals surface area contributed by atoms with E-state index < -0.39 is 0 Å². The zero-order valence-corrected chi connectivity index (χ0v) is 10.3. The zero-order valence-electron chi connectivity index (χ0n) is 9.53. The van der Waals surface area contributed by atoms with Crippen LogP contribution in [0.25, 0.3) is 0 Å². The molecule has 4 heteroatoms. The van der Waals surface area contributed by atoms with Gasteiger partial charge in [0.2, 0.25) is 0 Å². The van der Waals surface area contributed by atoms with Crippen molar-refractivity contribution in [3.63, 3.8) is 0 Å². The molecule has 1 aliphatic heterocycles. The van der Waals surface area contributed by atoms with Crippen LogP contribution in [-0.4, -0.2) is 18.6 Å². The molecule has 1 aromatic carbocycles. The highest BCUT2D eigenvalue weighted by molar-refractivity contribution is 7.98. The van der Waals surface area contributed by atoms with Gasteiger partial charge in [-0.05, 0) is 24.7 Å². The van der Waals surface area contributed by atoms with E-state index in [0.717, 1.165) is 31.0 Å². The fourth-order valence-corrected chi connectivity index (χ4v) is 2.69. The third kappa shape index (κ3) is 2.34. The van der Waals surface area contributed by atoms with Crippen molar-refractivity contribution in [2.75, 3.05) is 18.6 Å². The van der Waals surface area contributed by atoms with Crippen molar-refractivity contribution < 1.29 is 4.74 Å². The van der Waals surface area contributed by atoms with Crippen molar-refractivity contribution in [3.8, 4) is 5.75 Å². The van der Waals surface area contributed by atoms with E-state index in [9.17, 15) is 0 Å². The lowest BCUT2D eigenvalue weighted by Gasteiger charge is -2.24. The molecule has 0 bridgehead atoms. The largest absolute Gasteiger partial charge is 0.493 e. The van der Waals surface area contributed by atoms with Gasteiger partial charge < -0.3 is 4.74 Å². The number of benzene rings is 1. The normalized spacial score (nSPS) is 16.4. The Hall–Kier alpha value is -0.710. The molecule has 0 saturated heterocycles. The van der Waals surface area contributed by atoms with Crippen molar-refractivity contribution >= 4 is 11.8 Å². The number of aryl methyl sites for hydroxylation is 1. The first-order chi connectivity index (χ1) is 7.86. The second kappa shape index (κ2) is 5.57. The summed E-state index contributed by atoms with van der Waals surface area (Å²) in [6, 6.07) is 6.51. The van der Waals surface area contributed by atoms with Crippen LogP contribution in [0.15, 0.2) is 18.2 Å². The fourth-order valence-electron chi connectivity index (χ4n) is 2.08. The number of nitrogens with one attached hydrogen (secondary N) is 1.